The van der Waals surface area contributed by atoms with Gasteiger partial charge in [-0.15, -0.1) is 0 Å². The topological polar surface area (TPSA) is 89.5 Å². The van der Waals surface area contributed by atoms with Gasteiger partial charge >= 0.3 is 5.97 Å². The number of rotatable bonds is 7. The van der Waals surface area contributed by atoms with E-state index in [1.165, 1.54) is 31.3 Å². The molecule has 0 radical (unpaired) electrons. The molecule has 0 atom stereocenters. The molecule has 0 aliphatic rings. The van der Waals surface area contributed by atoms with Crippen molar-refractivity contribution in [2.24, 2.45) is 0 Å². The minimum atomic E-state index is -3.66. The molecule has 2 rings (SSSR count). The van der Waals surface area contributed by atoms with E-state index in [1.54, 1.807) is 12.1 Å². The van der Waals surface area contributed by atoms with Crippen LogP contribution in [0.1, 0.15) is 46.0 Å². The van der Waals surface area contributed by atoms with Crippen LogP contribution < -0.4 is 4.72 Å². The third-order valence-corrected chi connectivity index (χ3v) is 5.29. The number of ether oxygens (including phenoxy) is 1. The summed E-state index contributed by atoms with van der Waals surface area (Å²) in [5, 5.41) is 0. The molecule has 0 aliphatic carbocycles. The van der Waals surface area contributed by atoms with Gasteiger partial charge in [-0.3, -0.25) is 4.79 Å². The number of carbonyl (C=O) groups is 2. The van der Waals surface area contributed by atoms with Crippen molar-refractivity contribution in [1.29, 1.82) is 0 Å². The van der Waals surface area contributed by atoms with Gasteiger partial charge in [-0.1, -0.05) is 44.2 Å². The average Bonchev–Trinajstić information content (AvgIpc) is 2.65. The zero-order valence-corrected chi connectivity index (χ0v) is 15.7. The first-order chi connectivity index (χ1) is 12.2. The zero-order valence-electron chi connectivity index (χ0n) is 14.9. The lowest BCUT2D eigenvalue weighted by Crippen LogP contribution is -2.19. The summed E-state index contributed by atoms with van der Waals surface area (Å²) in [7, 11) is -2.38. The highest BCUT2D eigenvalue weighted by Crippen LogP contribution is 2.15. The second-order valence-corrected chi connectivity index (χ2v) is 7.90. The van der Waals surface area contributed by atoms with Crippen molar-refractivity contribution < 1.29 is 22.7 Å². The monoisotopic (exact) mass is 375 g/mol. The standard InChI is InChI=1S/C19H21NO5S/c1-13(2)14-7-9-15(10-8-14)18(21)12-25-19(22)16-5-4-6-17(11-16)26(23,24)20-3/h4-11,13,20H,12H2,1-3H3. The van der Waals surface area contributed by atoms with E-state index < -0.39 is 22.6 Å². The first kappa shape index (κ1) is 19.8. The van der Waals surface area contributed by atoms with E-state index in [2.05, 4.69) is 18.6 Å². The predicted molar refractivity (Wildman–Crippen MR) is 97.8 cm³/mol. The van der Waals surface area contributed by atoms with Crippen molar-refractivity contribution >= 4 is 21.8 Å². The fraction of sp³-hybridized carbons (Fsp3) is 0.263. The second-order valence-electron chi connectivity index (χ2n) is 6.01. The molecule has 0 aromatic heterocycles. The molecule has 2 aromatic rings. The first-order valence-corrected chi connectivity index (χ1v) is 9.57. The molecular formula is C19H21NO5S. The highest BCUT2D eigenvalue weighted by molar-refractivity contribution is 7.89. The van der Waals surface area contributed by atoms with E-state index in [1.807, 2.05) is 12.1 Å². The van der Waals surface area contributed by atoms with Gasteiger partial charge in [0.15, 0.2) is 12.4 Å². The molecule has 0 aliphatic heterocycles. The zero-order chi connectivity index (χ0) is 19.3. The average molecular weight is 375 g/mol. The van der Waals surface area contributed by atoms with Gasteiger partial charge in [0.05, 0.1) is 10.5 Å². The maximum atomic E-state index is 12.2. The van der Waals surface area contributed by atoms with E-state index in [0.717, 1.165) is 5.56 Å². The van der Waals surface area contributed by atoms with Crippen LogP contribution in [-0.4, -0.2) is 33.8 Å². The van der Waals surface area contributed by atoms with Gasteiger partial charge in [-0.2, -0.15) is 0 Å². The summed E-state index contributed by atoms with van der Waals surface area (Å²) in [5.74, 6) is -0.726. The number of carbonyl (C=O) groups excluding carboxylic acids is 2. The van der Waals surface area contributed by atoms with Crippen molar-refractivity contribution in [3.05, 3.63) is 65.2 Å². The predicted octanol–water partition coefficient (Wildman–Crippen LogP) is 2.76. The van der Waals surface area contributed by atoms with Crippen molar-refractivity contribution in [2.75, 3.05) is 13.7 Å². The fourth-order valence-electron chi connectivity index (χ4n) is 2.26. The summed E-state index contributed by atoms with van der Waals surface area (Å²) in [6, 6.07) is 12.6. The smallest absolute Gasteiger partial charge is 0.338 e. The molecule has 1 N–H and O–H groups in total. The Morgan fingerprint density at radius 2 is 1.69 bits per heavy atom. The molecule has 7 heteroatoms. The van der Waals surface area contributed by atoms with Gasteiger partial charge in [0.25, 0.3) is 0 Å². The second kappa shape index (κ2) is 8.25. The van der Waals surface area contributed by atoms with Gasteiger partial charge in [0, 0.05) is 5.56 Å². The van der Waals surface area contributed by atoms with Gasteiger partial charge in [-0.05, 0) is 36.7 Å². The lowest BCUT2D eigenvalue weighted by Gasteiger charge is -2.08. The molecule has 2 aromatic carbocycles. The molecule has 0 saturated carbocycles. The summed E-state index contributed by atoms with van der Waals surface area (Å²) in [6.07, 6.45) is 0. The number of hydrogen-bond acceptors (Lipinski definition) is 5. The van der Waals surface area contributed by atoms with Gasteiger partial charge in [0.2, 0.25) is 10.0 Å². The number of ketones is 1. The Morgan fingerprint density at radius 1 is 1.04 bits per heavy atom. The summed E-state index contributed by atoms with van der Waals surface area (Å²) in [5.41, 5.74) is 1.62. The SMILES string of the molecule is CNS(=O)(=O)c1cccc(C(=O)OCC(=O)c2ccc(C(C)C)cc2)c1. The number of sulfonamides is 1. The quantitative estimate of drug-likeness (QED) is 0.594. The van der Waals surface area contributed by atoms with E-state index >= 15 is 0 Å². The third-order valence-electron chi connectivity index (χ3n) is 3.88. The Balaban J connectivity index is 2.04. The number of esters is 1. The molecule has 0 spiro atoms. The minimum Gasteiger partial charge on any atom is -0.454 e. The first-order valence-electron chi connectivity index (χ1n) is 8.08. The summed E-state index contributed by atoms with van der Waals surface area (Å²) >= 11 is 0. The van der Waals surface area contributed by atoms with Crippen LogP contribution in [0.2, 0.25) is 0 Å². The van der Waals surface area contributed by atoms with E-state index in [9.17, 15) is 18.0 Å². The Kier molecular flexibility index (Phi) is 6.28. The highest BCUT2D eigenvalue weighted by atomic mass is 32.2. The number of Topliss-reactive ketones (excluding diaryl/α,β-unsaturated/α-hetero) is 1. The maximum absolute atomic E-state index is 12.2. The number of nitrogens with one attached hydrogen (secondary N) is 1. The molecule has 0 fully saturated rings. The lowest BCUT2D eigenvalue weighted by atomic mass is 10.0. The summed E-state index contributed by atoms with van der Waals surface area (Å²) in [6.45, 7) is 3.70. The largest absolute Gasteiger partial charge is 0.454 e. The Bertz CT molecular complexity index is 902. The fourth-order valence-corrected chi connectivity index (χ4v) is 3.04. The van der Waals surface area contributed by atoms with Crippen molar-refractivity contribution in [3.63, 3.8) is 0 Å². The minimum absolute atomic E-state index is 0.0509. The summed E-state index contributed by atoms with van der Waals surface area (Å²) < 4.78 is 30.8. The molecule has 0 bridgehead atoms. The molecule has 26 heavy (non-hydrogen) atoms. The van der Waals surface area contributed by atoms with Gasteiger partial charge < -0.3 is 4.74 Å². The van der Waals surface area contributed by atoms with Crippen molar-refractivity contribution in [2.45, 2.75) is 24.7 Å². The van der Waals surface area contributed by atoms with Gasteiger partial charge in [0.1, 0.15) is 0 Å². The van der Waals surface area contributed by atoms with E-state index in [-0.39, 0.29) is 16.2 Å². The molecule has 6 nitrogen and oxygen atoms in total. The molecular weight excluding hydrogens is 354 g/mol. The molecule has 138 valence electrons. The molecule has 0 heterocycles. The van der Waals surface area contributed by atoms with Crippen LogP contribution in [0.25, 0.3) is 0 Å². The maximum Gasteiger partial charge on any atom is 0.338 e. The third kappa shape index (κ3) is 4.77. The number of benzene rings is 2. The van der Waals surface area contributed by atoms with Crippen LogP contribution >= 0.6 is 0 Å². The van der Waals surface area contributed by atoms with Crippen LogP contribution in [0.15, 0.2) is 53.4 Å². The van der Waals surface area contributed by atoms with Crippen LogP contribution in [-0.2, 0) is 14.8 Å². The number of hydrogen-bond donors (Lipinski definition) is 1. The lowest BCUT2D eigenvalue weighted by molar-refractivity contribution is 0.0474. The normalized spacial score (nSPS) is 11.4. The summed E-state index contributed by atoms with van der Waals surface area (Å²) in [4.78, 5) is 24.2. The van der Waals surface area contributed by atoms with Crippen molar-refractivity contribution in [3.8, 4) is 0 Å². The van der Waals surface area contributed by atoms with Crippen LogP contribution in [0.5, 0.6) is 0 Å². The van der Waals surface area contributed by atoms with Crippen molar-refractivity contribution in [1.82, 2.24) is 4.72 Å². The van der Waals surface area contributed by atoms with Crippen LogP contribution in [0.3, 0.4) is 0 Å². The highest BCUT2D eigenvalue weighted by Gasteiger charge is 2.16. The Labute approximate surface area is 153 Å². The Morgan fingerprint density at radius 3 is 2.27 bits per heavy atom. The van der Waals surface area contributed by atoms with Gasteiger partial charge in [-0.25, -0.2) is 17.9 Å². The molecule has 0 unspecified atom stereocenters. The van der Waals surface area contributed by atoms with E-state index in [4.69, 9.17) is 4.74 Å². The van der Waals surface area contributed by atoms with E-state index in [0.29, 0.717) is 11.5 Å². The van der Waals surface area contributed by atoms with Crippen LogP contribution in [0, 0.1) is 0 Å². The Hall–Kier alpha value is -2.51. The van der Waals surface area contributed by atoms with Crippen LogP contribution in [0.4, 0.5) is 0 Å². The molecule has 0 amide bonds. The molecule has 0 saturated heterocycles.